The van der Waals surface area contributed by atoms with Gasteiger partial charge in [-0.3, -0.25) is 0 Å². The van der Waals surface area contributed by atoms with Gasteiger partial charge in [0.1, 0.15) is 0 Å². The molecule has 3 nitrogen and oxygen atoms in total. The summed E-state index contributed by atoms with van der Waals surface area (Å²) in [4.78, 5) is 2.43. The Labute approximate surface area is 116 Å². The van der Waals surface area contributed by atoms with Crippen molar-refractivity contribution < 1.29 is 9.84 Å². The van der Waals surface area contributed by atoms with Gasteiger partial charge in [0, 0.05) is 26.7 Å². The van der Waals surface area contributed by atoms with Gasteiger partial charge in [0.25, 0.3) is 0 Å². The fraction of sp³-hybridized carbons (Fsp3) is 0.625. The molecule has 2 rings (SSSR count). The minimum atomic E-state index is -0.346. The average molecular weight is 263 g/mol. The Morgan fingerprint density at radius 1 is 1.32 bits per heavy atom. The number of likely N-dealkylation sites (tertiary alicyclic amines) is 1. The van der Waals surface area contributed by atoms with E-state index in [1.165, 1.54) is 5.56 Å². The van der Waals surface area contributed by atoms with Crippen molar-refractivity contribution in [2.45, 2.75) is 38.4 Å². The van der Waals surface area contributed by atoms with Gasteiger partial charge in [-0.1, -0.05) is 24.3 Å². The quantitative estimate of drug-likeness (QED) is 0.886. The number of benzene rings is 1. The van der Waals surface area contributed by atoms with Crippen molar-refractivity contribution in [2.24, 2.45) is 0 Å². The first kappa shape index (κ1) is 14.5. The first-order chi connectivity index (χ1) is 9.20. The van der Waals surface area contributed by atoms with Gasteiger partial charge in [0.2, 0.25) is 0 Å². The summed E-state index contributed by atoms with van der Waals surface area (Å²) in [7, 11) is 1.79. The van der Waals surface area contributed by atoms with Crippen molar-refractivity contribution in [2.75, 3.05) is 26.7 Å². The molecule has 1 saturated heterocycles. The SMILES string of the molecule is COC1CCN(CCC(O)c2ccccc2C)CC1. The summed E-state index contributed by atoms with van der Waals surface area (Å²) >= 11 is 0. The lowest BCUT2D eigenvalue weighted by atomic mass is 10.0. The van der Waals surface area contributed by atoms with Crippen LogP contribution in [0.25, 0.3) is 0 Å². The number of aryl methyl sites for hydroxylation is 1. The molecule has 1 aromatic carbocycles. The van der Waals surface area contributed by atoms with Crippen molar-refractivity contribution in [3.8, 4) is 0 Å². The maximum absolute atomic E-state index is 10.3. The van der Waals surface area contributed by atoms with E-state index < -0.39 is 0 Å². The second-order valence-electron chi connectivity index (χ2n) is 5.44. The van der Waals surface area contributed by atoms with Crippen LogP contribution in [-0.2, 0) is 4.74 Å². The van der Waals surface area contributed by atoms with Gasteiger partial charge in [-0.15, -0.1) is 0 Å². The molecule has 1 heterocycles. The molecular formula is C16H25NO2. The number of piperidine rings is 1. The molecule has 1 unspecified atom stereocenters. The highest BCUT2D eigenvalue weighted by atomic mass is 16.5. The average Bonchev–Trinajstić information content (AvgIpc) is 2.46. The molecular weight excluding hydrogens is 238 g/mol. The molecule has 1 aromatic rings. The van der Waals surface area contributed by atoms with Gasteiger partial charge in [0.05, 0.1) is 12.2 Å². The Hall–Kier alpha value is -0.900. The van der Waals surface area contributed by atoms with Gasteiger partial charge >= 0.3 is 0 Å². The van der Waals surface area contributed by atoms with Crippen molar-refractivity contribution in [1.82, 2.24) is 4.90 Å². The third-order valence-electron chi connectivity index (χ3n) is 4.13. The number of ether oxygens (including phenoxy) is 1. The molecule has 0 aliphatic carbocycles. The summed E-state index contributed by atoms with van der Waals surface area (Å²) in [6, 6.07) is 8.09. The second-order valence-corrected chi connectivity index (χ2v) is 5.44. The molecule has 1 fully saturated rings. The van der Waals surface area contributed by atoms with Crippen molar-refractivity contribution in [3.63, 3.8) is 0 Å². The predicted molar refractivity (Wildman–Crippen MR) is 77.2 cm³/mol. The minimum Gasteiger partial charge on any atom is -0.388 e. The maximum atomic E-state index is 10.3. The standard InChI is InChI=1S/C16H25NO2/c1-13-5-3-4-6-15(13)16(18)9-12-17-10-7-14(19-2)8-11-17/h3-6,14,16,18H,7-12H2,1-2H3. The number of nitrogens with zero attached hydrogens (tertiary/aromatic N) is 1. The van der Waals surface area contributed by atoms with E-state index in [2.05, 4.69) is 17.9 Å². The van der Waals surface area contributed by atoms with Crippen molar-refractivity contribution >= 4 is 0 Å². The molecule has 3 heteroatoms. The van der Waals surface area contributed by atoms with Crippen molar-refractivity contribution in [3.05, 3.63) is 35.4 Å². The lowest BCUT2D eigenvalue weighted by Gasteiger charge is -2.31. The van der Waals surface area contributed by atoms with Gasteiger partial charge in [-0.25, -0.2) is 0 Å². The molecule has 0 bridgehead atoms. The first-order valence-corrected chi connectivity index (χ1v) is 7.19. The van der Waals surface area contributed by atoms with E-state index >= 15 is 0 Å². The number of methoxy groups -OCH3 is 1. The zero-order valence-electron chi connectivity index (χ0n) is 12.0. The zero-order valence-corrected chi connectivity index (χ0v) is 12.0. The van der Waals surface area contributed by atoms with E-state index in [1.54, 1.807) is 7.11 Å². The topological polar surface area (TPSA) is 32.7 Å². The van der Waals surface area contributed by atoms with Crippen LogP contribution in [0.3, 0.4) is 0 Å². The van der Waals surface area contributed by atoms with Gasteiger partial charge < -0.3 is 14.7 Å². The maximum Gasteiger partial charge on any atom is 0.0804 e. The van der Waals surface area contributed by atoms with Gasteiger partial charge in [-0.05, 0) is 37.3 Å². The molecule has 1 N–H and O–H groups in total. The Morgan fingerprint density at radius 3 is 2.63 bits per heavy atom. The number of aliphatic hydroxyl groups excluding tert-OH is 1. The van der Waals surface area contributed by atoms with Crippen LogP contribution in [-0.4, -0.2) is 42.9 Å². The van der Waals surface area contributed by atoms with E-state index in [-0.39, 0.29) is 6.10 Å². The third kappa shape index (κ3) is 4.03. The lowest BCUT2D eigenvalue weighted by Crippen LogP contribution is -2.37. The monoisotopic (exact) mass is 263 g/mol. The summed E-state index contributed by atoms with van der Waals surface area (Å²) in [6.07, 6.45) is 3.11. The van der Waals surface area contributed by atoms with Gasteiger partial charge in [-0.2, -0.15) is 0 Å². The highest BCUT2D eigenvalue weighted by molar-refractivity contribution is 5.27. The number of rotatable bonds is 5. The van der Waals surface area contributed by atoms with Crippen LogP contribution in [0, 0.1) is 6.92 Å². The fourth-order valence-corrected chi connectivity index (χ4v) is 2.79. The summed E-state index contributed by atoms with van der Waals surface area (Å²) < 4.78 is 5.37. The van der Waals surface area contributed by atoms with Crippen LogP contribution in [0.1, 0.15) is 36.5 Å². The third-order valence-corrected chi connectivity index (χ3v) is 4.13. The van der Waals surface area contributed by atoms with E-state index in [0.29, 0.717) is 6.10 Å². The normalized spacial score (nSPS) is 19.5. The molecule has 0 spiro atoms. The number of hydrogen-bond acceptors (Lipinski definition) is 3. The highest BCUT2D eigenvalue weighted by Gasteiger charge is 2.19. The molecule has 106 valence electrons. The van der Waals surface area contributed by atoms with Crippen LogP contribution in [0.4, 0.5) is 0 Å². The molecule has 0 amide bonds. The summed E-state index contributed by atoms with van der Waals surface area (Å²) in [5.74, 6) is 0. The Kier molecular flexibility index (Phi) is 5.37. The van der Waals surface area contributed by atoms with E-state index in [0.717, 1.165) is 44.5 Å². The smallest absolute Gasteiger partial charge is 0.0804 e. The molecule has 0 radical (unpaired) electrons. The summed E-state index contributed by atoms with van der Waals surface area (Å²) in [5.41, 5.74) is 2.24. The zero-order chi connectivity index (χ0) is 13.7. The van der Waals surface area contributed by atoms with E-state index in [9.17, 15) is 5.11 Å². The van der Waals surface area contributed by atoms with Crippen molar-refractivity contribution in [1.29, 1.82) is 0 Å². The number of aliphatic hydroxyl groups is 1. The van der Waals surface area contributed by atoms with Crippen LogP contribution in [0.5, 0.6) is 0 Å². The largest absolute Gasteiger partial charge is 0.388 e. The summed E-state index contributed by atoms with van der Waals surface area (Å²) in [5, 5.41) is 10.3. The van der Waals surface area contributed by atoms with E-state index in [1.807, 2.05) is 18.2 Å². The van der Waals surface area contributed by atoms with Crippen LogP contribution in [0.15, 0.2) is 24.3 Å². The van der Waals surface area contributed by atoms with E-state index in [4.69, 9.17) is 4.74 Å². The molecule has 1 aliphatic rings. The van der Waals surface area contributed by atoms with Crippen LogP contribution in [0.2, 0.25) is 0 Å². The summed E-state index contributed by atoms with van der Waals surface area (Å²) in [6.45, 7) is 5.19. The molecule has 19 heavy (non-hydrogen) atoms. The molecule has 0 aromatic heterocycles. The van der Waals surface area contributed by atoms with Crippen LogP contribution < -0.4 is 0 Å². The predicted octanol–water partition coefficient (Wildman–Crippen LogP) is 2.53. The molecule has 0 saturated carbocycles. The molecule has 1 aliphatic heterocycles. The van der Waals surface area contributed by atoms with Gasteiger partial charge in [0.15, 0.2) is 0 Å². The Balaban J connectivity index is 1.78. The molecule has 1 atom stereocenters. The lowest BCUT2D eigenvalue weighted by molar-refractivity contribution is 0.0360. The van der Waals surface area contributed by atoms with Crippen LogP contribution >= 0.6 is 0 Å². The Morgan fingerprint density at radius 2 is 2.00 bits per heavy atom. The highest BCUT2D eigenvalue weighted by Crippen LogP contribution is 2.21. The number of hydrogen-bond donors (Lipinski definition) is 1. The Bertz CT molecular complexity index is 386. The first-order valence-electron chi connectivity index (χ1n) is 7.19. The second kappa shape index (κ2) is 7.04. The minimum absolute atomic E-state index is 0.346. The fourth-order valence-electron chi connectivity index (χ4n) is 2.79.